The average Bonchev–Trinajstić information content (AvgIpc) is 2.35. The van der Waals surface area contributed by atoms with Gasteiger partial charge in [-0.05, 0) is 12.8 Å². The number of H-pyrrole nitrogens is 1. The molecule has 0 saturated carbocycles. The fraction of sp³-hybridized carbons (Fsp3) is 0.636. The highest BCUT2D eigenvalue weighted by molar-refractivity contribution is 5.60. The molecule has 7 nitrogen and oxygen atoms in total. The molecule has 18 heavy (non-hydrogen) atoms. The molecule has 5 N–H and O–H groups in total. The lowest BCUT2D eigenvalue weighted by atomic mass is 9.97. The molecular weight excluding hydrogens is 236 g/mol. The highest BCUT2D eigenvalue weighted by Crippen LogP contribution is 2.16. The molecule has 1 rings (SSSR count). The van der Waals surface area contributed by atoms with Crippen LogP contribution in [0.4, 0.5) is 11.5 Å². The van der Waals surface area contributed by atoms with E-state index in [1.54, 1.807) is 0 Å². The molecule has 0 aliphatic rings. The summed E-state index contributed by atoms with van der Waals surface area (Å²) in [5, 5.41) is 12.9. The van der Waals surface area contributed by atoms with Crippen LogP contribution < -0.4 is 22.3 Å². The molecule has 1 aromatic heterocycles. The predicted molar refractivity (Wildman–Crippen MR) is 70.7 cm³/mol. The van der Waals surface area contributed by atoms with Crippen molar-refractivity contribution in [3.8, 4) is 0 Å². The lowest BCUT2D eigenvalue weighted by Gasteiger charge is -2.26. The van der Waals surface area contributed by atoms with Crippen LogP contribution in [0.1, 0.15) is 26.7 Å². The van der Waals surface area contributed by atoms with E-state index in [9.17, 15) is 14.7 Å². The Labute approximate surface area is 105 Å². The van der Waals surface area contributed by atoms with Gasteiger partial charge in [-0.1, -0.05) is 13.8 Å². The molecule has 0 spiro atoms. The van der Waals surface area contributed by atoms with Crippen molar-refractivity contribution in [2.45, 2.75) is 32.3 Å². The van der Waals surface area contributed by atoms with Crippen molar-refractivity contribution in [2.24, 2.45) is 7.05 Å². The number of anilines is 2. The third-order valence-corrected chi connectivity index (χ3v) is 3.28. The number of rotatable bonds is 5. The van der Waals surface area contributed by atoms with Crippen LogP contribution >= 0.6 is 0 Å². The summed E-state index contributed by atoms with van der Waals surface area (Å²) >= 11 is 0. The summed E-state index contributed by atoms with van der Waals surface area (Å²) in [4.78, 5) is 25.0. The average molecular weight is 256 g/mol. The first-order valence-electron chi connectivity index (χ1n) is 5.89. The van der Waals surface area contributed by atoms with Crippen molar-refractivity contribution < 1.29 is 5.11 Å². The number of nitrogens with zero attached hydrogens (tertiary/aromatic N) is 1. The van der Waals surface area contributed by atoms with Gasteiger partial charge < -0.3 is 16.2 Å². The van der Waals surface area contributed by atoms with Crippen molar-refractivity contribution in [1.82, 2.24) is 9.55 Å². The van der Waals surface area contributed by atoms with E-state index in [2.05, 4.69) is 10.3 Å². The summed E-state index contributed by atoms with van der Waals surface area (Å²) in [6.45, 7) is 3.92. The van der Waals surface area contributed by atoms with E-state index in [-0.39, 0.29) is 18.1 Å². The Morgan fingerprint density at radius 2 is 1.94 bits per heavy atom. The molecule has 0 amide bonds. The zero-order valence-electron chi connectivity index (χ0n) is 10.9. The van der Waals surface area contributed by atoms with Crippen LogP contribution in [0.3, 0.4) is 0 Å². The van der Waals surface area contributed by atoms with Crippen LogP contribution in [0.5, 0.6) is 0 Å². The Hall–Kier alpha value is -1.76. The lowest BCUT2D eigenvalue weighted by Crippen LogP contribution is -2.39. The van der Waals surface area contributed by atoms with Gasteiger partial charge in [0.15, 0.2) is 0 Å². The molecule has 0 aromatic carbocycles. The van der Waals surface area contributed by atoms with Crippen LogP contribution in [0, 0.1) is 0 Å². The van der Waals surface area contributed by atoms with Gasteiger partial charge in [-0.3, -0.25) is 14.3 Å². The Bertz CT molecular complexity index is 528. The summed E-state index contributed by atoms with van der Waals surface area (Å²) in [6, 6.07) is 0. The summed E-state index contributed by atoms with van der Waals surface area (Å²) < 4.78 is 1.14. The second-order valence-corrected chi connectivity index (χ2v) is 4.36. The first-order valence-corrected chi connectivity index (χ1v) is 5.89. The maximum absolute atomic E-state index is 11.6. The molecule has 0 unspecified atom stereocenters. The van der Waals surface area contributed by atoms with Gasteiger partial charge in [0.2, 0.25) is 0 Å². The number of nitrogen functional groups attached to an aromatic ring is 1. The van der Waals surface area contributed by atoms with Crippen LogP contribution in [0.25, 0.3) is 0 Å². The van der Waals surface area contributed by atoms with E-state index < -0.39 is 16.9 Å². The largest absolute Gasteiger partial charge is 0.388 e. The number of aromatic nitrogens is 2. The van der Waals surface area contributed by atoms with Crippen molar-refractivity contribution in [3.05, 3.63) is 20.8 Å². The van der Waals surface area contributed by atoms with E-state index in [0.717, 1.165) is 4.57 Å². The first-order chi connectivity index (χ1) is 8.34. The number of hydrogen-bond acceptors (Lipinski definition) is 5. The number of nitrogens with two attached hydrogens (primary N) is 1. The third kappa shape index (κ3) is 2.73. The molecule has 0 aliphatic carbocycles. The minimum Gasteiger partial charge on any atom is -0.388 e. The number of hydrogen-bond donors (Lipinski definition) is 4. The summed E-state index contributed by atoms with van der Waals surface area (Å²) in [5.74, 6) is 0.0540. The van der Waals surface area contributed by atoms with E-state index in [1.807, 2.05) is 13.8 Å². The van der Waals surface area contributed by atoms with Gasteiger partial charge in [-0.2, -0.15) is 0 Å². The zero-order chi connectivity index (χ0) is 13.9. The van der Waals surface area contributed by atoms with Crippen LogP contribution in [-0.4, -0.2) is 26.8 Å². The molecule has 0 bridgehead atoms. The Morgan fingerprint density at radius 3 is 2.44 bits per heavy atom. The monoisotopic (exact) mass is 256 g/mol. The maximum atomic E-state index is 11.6. The molecular formula is C11H20N4O3. The molecule has 102 valence electrons. The molecule has 0 saturated heterocycles. The van der Waals surface area contributed by atoms with Crippen LogP contribution in [-0.2, 0) is 7.05 Å². The summed E-state index contributed by atoms with van der Waals surface area (Å²) in [5.41, 5.74) is 3.76. The predicted octanol–water partition coefficient (Wildman–Crippen LogP) is -0.381. The van der Waals surface area contributed by atoms with Crippen molar-refractivity contribution in [1.29, 1.82) is 0 Å². The number of nitrogens with one attached hydrogen (secondary N) is 2. The molecule has 0 radical (unpaired) electrons. The van der Waals surface area contributed by atoms with Crippen molar-refractivity contribution >= 4 is 11.5 Å². The van der Waals surface area contributed by atoms with Gasteiger partial charge in [0, 0.05) is 13.6 Å². The highest BCUT2D eigenvalue weighted by atomic mass is 16.3. The minimum atomic E-state index is -0.895. The SMILES string of the molecule is CCC(O)(CC)CNc1c(N)n(C)c(=O)[nH]c1=O. The van der Waals surface area contributed by atoms with E-state index in [1.165, 1.54) is 7.05 Å². The molecule has 1 aromatic rings. The molecule has 7 heteroatoms. The topological polar surface area (TPSA) is 113 Å². The molecule has 0 atom stereocenters. The van der Waals surface area contributed by atoms with E-state index in [0.29, 0.717) is 12.8 Å². The van der Waals surface area contributed by atoms with Crippen molar-refractivity contribution in [2.75, 3.05) is 17.6 Å². The third-order valence-electron chi connectivity index (χ3n) is 3.28. The second kappa shape index (κ2) is 5.26. The Morgan fingerprint density at radius 1 is 1.39 bits per heavy atom. The quantitative estimate of drug-likeness (QED) is 0.573. The van der Waals surface area contributed by atoms with Gasteiger partial charge in [0.25, 0.3) is 5.56 Å². The van der Waals surface area contributed by atoms with Gasteiger partial charge in [0.1, 0.15) is 11.5 Å². The Balaban J connectivity index is 3.03. The molecule has 0 aliphatic heterocycles. The minimum absolute atomic E-state index is 0.0540. The maximum Gasteiger partial charge on any atom is 0.329 e. The van der Waals surface area contributed by atoms with Gasteiger partial charge in [-0.25, -0.2) is 4.79 Å². The fourth-order valence-corrected chi connectivity index (χ4v) is 1.56. The zero-order valence-corrected chi connectivity index (χ0v) is 10.9. The molecule has 1 heterocycles. The number of aromatic amines is 1. The van der Waals surface area contributed by atoms with Crippen molar-refractivity contribution in [3.63, 3.8) is 0 Å². The van der Waals surface area contributed by atoms with E-state index in [4.69, 9.17) is 5.73 Å². The van der Waals surface area contributed by atoms with E-state index >= 15 is 0 Å². The smallest absolute Gasteiger partial charge is 0.329 e. The van der Waals surface area contributed by atoms with Crippen LogP contribution in [0.15, 0.2) is 9.59 Å². The van der Waals surface area contributed by atoms with Crippen LogP contribution in [0.2, 0.25) is 0 Å². The lowest BCUT2D eigenvalue weighted by molar-refractivity contribution is 0.0457. The van der Waals surface area contributed by atoms with Gasteiger partial charge in [-0.15, -0.1) is 0 Å². The Kier molecular flexibility index (Phi) is 4.18. The molecule has 0 fully saturated rings. The van der Waals surface area contributed by atoms with Gasteiger partial charge in [0.05, 0.1) is 5.60 Å². The highest BCUT2D eigenvalue weighted by Gasteiger charge is 2.23. The summed E-state index contributed by atoms with van der Waals surface area (Å²) in [6.07, 6.45) is 1.11. The fourth-order valence-electron chi connectivity index (χ4n) is 1.56. The standard InChI is InChI=1S/C11H20N4O3/c1-4-11(18,5-2)6-13-7-8(12)15(3)10(17)14-9(7)16/h13,18H,4-6,12H2,1-3H3,(H,14,16,17). The van der Waals surface area contributed by atoms with Gasteiger partial charge >= 0.3 is 5.69 Å². The summed E-state index contributed by atoms with van der Waals surface area (Å²) in [7, 11) is 1.46. The first kappa shape index (κ1) is 14.3. The second-order valence-electron chi connectivity index (χ2n) is 4.36. The number of aliphatic hydroxyl groups is 1. The normalized spacial score (nSPS) is 11.6.